The number of benzene rings is 1. The summed E-state index contributed by atoms with van der Waals surface area (Å²) in [7, 11) is 5.10. The van der Waals surface area contributed by atoms with Gasteiger partial charge in [-0.3, -0.25) is 0 Å². The number of nitrogens with one attached hydrogen (secondary N) is 1. The summed E-state index contributed by atoms with van der Waals surface area (Å²) < 4.78 is 16.3. The van der Waals surface area contributed by atoms with E-state index in [1.807, 2.05) is 6.07 Å². The SMILES string of the molecule is COCc1c(OC)ccc(CC2CCNCC2)c1OC. The summed E-state index contributed by atoms with van der Waals surface area (Å²) >= 11 is 0. The van der Waals surface area contributed by atoms with Crippen LogP contribution in [0, 0.1) is 5.92 Å². The van der Waals surface area contributed by atoms with Crippen LogP contribution in [0.15, 0.2) is 12.1 Å². The van der Waals surface area contributed by atoms with Crippen LogP contribution in [0.25, 0.3) is 0 Å². The van der Waals surface area contributed by atoms with E-state index in [4.69, 9.17) is 14.2 Å². The second-order valence-electron chi connectivity index (χ2n) is 5.27. The second-order valence-corrected chi connectivity index (χ2v) is 5.27. The van der Waals surface area contributed by atoms with Crippen LogP contribution in [0.1, 0.15) is 24.0 Å². The highest BCUT2D eigenvalue weighted by molar-refractivity contribution is 5.50. The Morgan fingerprint density at radius 2 is 1.85 bits per heavy atom. The molecule has 20 heavy (non-hydrogen) atoms. The molecule has 1 aliphatic rings. The van der Waals surface area contributed by atoms with Crippen molar-refractivity contribution in [3.63, 3.8) is 0 Å². The van der Waals surface area contributed by atoms with E-state index in [-0.39, 0.29) is 0 Å². The van der Waals surface area contributed by atoms with Crippen molar-refractivity contribution in [2.24, 2.45) is 5.92 Å². The van der Waals surface area contributed by atoms with E-state index in [0.717, 1.165) is 42.5 Å². The van der Waals surface area contributed by atoms with Gasteiger partial charge in [0.25, 0.3) is 0 Å². The van der Waals surface area contributed by atoms with E-state index in [2.05, 4.69) is 11.4 Å². The molecule has 1 aliphatic heterocycles. The molecule has 0 atom stereocenters. The van der Waals surface area contributed by atoms with Gasteiger partial charge in [-0.1, -0.05) is 6.07 Å². The molecule has 4 heteroatoms. The minimum Gasteiger partial charge on any atom is -0.496 e. The number of hydrogen-bond acceptors (Lipinski definition) is 4. The van der Waals surface area contributed by atoms with Crippen molar-refractivity contribution in [3.05, 3.63) is 23.3 Å². The fraction of sp³-hybridized carbons (Fsp3) is 0.625. The summed E-state index contributed by atoms with van der Waals surface area (Å²) in [5, 5.41) is 3.41. The average Bonchev–Trinajstić information content (AvgIpc) is 2.49. The van der Waals surface area contributed by atoms with Crippen LogP contribution in [-0.4, -0.2) is 34.4 Å². The molecule has 0 bridgehead atoms. The Labute approximate surface area is 121 Å². The average molecular weight is 279 g/mol. The van der Waals surface area contributed by atoms with E-state index in [1.165, 1.54) is 18.4 Å². The highest BCUT2D eigenvalue weighted by atomic mass is 16.5. The smallest absolute Gasteiger partial charge is 0.131 e. The van der Waals surface area contributed by atoms with E-state index in [1.54, 1.807) is 21.3 Å². The molecule has 1 heterocycles. The minimum atomic E-state index is 0.506. The molecule has 0 radical (unpaired) electrons. The molecule has 0 unspecified atom stereocenters. The van der Waals surface area contributed by atoms with Crippen LogP contribution in [0.2, 0.25) is 0 Å². The van der Waals surface area contributed by atoms with Crippen LogP contribution in [0.4, 0.5) is 0 Å². The number of ether oxygens (including phenoxy) is 3. The maximum Gasteiger partial charge on any atom is 0.131 e. The van der Waals surface area contributed by atoms with Crippen LogP contribution < -0.4 is 14.8 Å². The molecule has 1 aromatic rings. The van der Waals surface area contributed by atoms with Gasteiger partial charge in [-0.15, -0.1) is 0 Å². The standard InChI is InChI=1S/C16H25NO3/c1-18-11-14-15(19-2)5-4-13(16(14)20-3)10-12-6-8-17-9-7-12/h4-5,12,17H,6-11H2,1-3H3. The van der Waals surface area contributed by atoms with Gasteiger partial charge in [-0.2, -0.15) is 0 Å². The van der Waals surface area contributed by atoms with Gasteiger partial charge in [0.2, 0.25) is 0 Å². The number of piperidine rings is 1. The molecule has 0 spiro atoms. The molecule has 0 saturated carbocycles. The first kappa shape index (κ1) is 15.1. The quantitative estimate of drug-likeness (QED) is 0.868. The Morgan fingerprint density at radius 3 is 2.45 bits per heavy atom. The maximum atomic E-state index is 5.64. The molecular formula is C16H25NO3. The van der Waals surface area contributed by atoms with Gasteiger partial charge in [0.15, 0.2) is 0 Å². The van der Waals surface area contributed by atoms with Crippen molar-refractivity contribution in [1.82, 2.24) is 5.32 Å². The number of hydrogen-bond donors (Lipinski definition) is 1. The molecule has 0 amide bonds. The molecule has 2 rings (SSSR count). The summed E-state index contributed by atoms with van der Waals surface area (Å²) in [5.41, 5.74) is 2.26. The van der Waals surface area contributed by atoms with E-state index in [9.17, 15) is 0 Å². The Balaban J connectivity index is 2.24. The Bertz CT molecular complexity index is 428. The van der Waals surface area contributed by atoms with Gasteiger partial charge in [0.1, 0.15) is 11.5 Å². The summed E-state index contributed by atoms with van der Waals surface area (Å²) in [5.74, 6) is 2.48. The molecule has 4 nitrogen and oxygen atoms in total. The molecular weight excluding hydrogens is 254 g/mol. The van der Waals surface area contributed by atoms with Crippen LogP contribution in [-0.2, 0) is 17.8 Å². The molecule has 0 aromatic heterocycles. The van der Waals surface area contributed by atoms with Crippen LogP contribution in [0.3, 0.4) is 0 Å². The first-order valence-electron chi connectivity index (χ1n) is 7.22. The molecule has 1 N–H and O–H groups in total. The van der Waals surface area contributed by atoms with Gasteiger partial charge in [0, 0.05) is 7.11 Å². The van der Waals surface area contributed by atoms with Gasteiger partial charge in [-0.25, -0.2) is 0 Å². The van der Waals surface area contributed by atoms with Gasteiger partial charge >= 0.3 is 0 Å². The zero-order chi connectivity index (χ0) is 14.4. The summed E-state index contributed by atoms with van der Waals surface area (Å²) in [4.78, 5) is 0. The van der Waals surface area contributed by atoms with E-state index < -0.39 is 0 Å². The molecule has 1 saturated heterocycles. The van der Waals surface area contributed by atoms with Crippen molar-refractivity contribution >= 4 is 0 Å². The molecule has 112 valence electrons. The third-order valence-corrected chi connectivity index (χ3v) is 3.98. The van der Waals surface area contributed by atoms with Gasteiger partial charge in [0.05, 0.1) is 26.4 Å². The lowest BCUT2D eigenvalue weighted by molar-refractivity contribution is 0.178. The van der Waals surface area contributed by atoms with Crippen molar-refractivity contribution in [2.75, 3.05) is 34.4 Å². The first-order valence-corrected chi connectivity index (χ1v) is 7.22. The van der Waals surface area contributed by atoms with Crippen LogP contribution >= 0.6 is 0 Å². The largest absolute Gasteiger partial charge is 0.496 e. The topological polar surface area (TPSA) is 39.7 Å². The molecule has 1 fully saturated rings. The molecule has 1 aromatic carbocycles. The zero-order valence-corrected chi connectivity index (χ0v) is 12.7. The first-order chi connectivity index (χ1) is 9.80. The minimum absolute atomic E-state index is 0.506. The lowest BCUT2D eigenvalue weighted by atomic mass is 9.90. The number of rotatable bonds is 6. The monoisotopic (exact) mass is 279 g/mol. The molecule has 0 aliphatic carbocycles. The fourth-order valence-corrected chi connectivity index (χ4v) is 2.94. The Kier molecular flexibility index (Phi) is 5.68. The lowest BCUT2D eigenvalue weighted by Crippen LogP contribution is -2.28. The van der Waals surface area contributed by atoms with Gasteiger partial charge in [-0.05, 0) is 49.9 Å². The fourth-order valence-electron chi connectivity index (χ4n) is 2.94. The third-order valence-electron chi connectivity index (χ3n) is 3.98. The number of methoxy groups -OCH3 is 3. The van der Waals surface area contributed by atoms with Crippen LogP contribution in [0.5, 0.6) is 11.5 Å². The highest BCUT2D eigenvalue weighted by Gasteiger charge is 2.19. The van der Waals surface area contributed by atoms with Gasteiger partial charge < -0.3 is 19.5 Å². The third kappa shape index (κ3) is 3.44. The van der Waals surface area contributed by atoms with Crippen molar-refractivity contribution in [2.45, 2.75) is 25.9 Å². The van der Waals surface area contributed by atoms with Crippen molar-refractivity contribution in [1.29, 1.82) is 0 Å². The second kappa shape index (κ2) is 7.50. The normalized spacial score (nSPS) is 16.1. The lowest BCUT2D eigenvalue weighted by Gasteiger charge is -2.24. The summed E-state index contributed by atoms with van der Waals surface area (Å²) in [6.45, 7) is 2.74. The van der Waals surface area contributed by atoms with E-state index >= 15 is 0 Å². The Morgan fingerprint density at radius 1 is 1.10 bits per heavy atom. The zero-order valence-electron chi connectivity index (χ0n) is 12.7. The Hall–Kier alpha value is -1.26. The summed E-state index contributed by atoms with van der Waals surface area (Å²) in [6.07, 6.45) is 3.52. The summed E-state index contributed by atoms with van der Waals surface area (Å²) in [6, 6.07) is 4.14. The van der Waals surface area contributed by atoms with Crippen molar-refractivity contribution in [3.8, 4) is 11.5 Å². The highest BCUT2D eigenvalue weighted by Crippen LogP contribution is 2.35. The predicted molar refractivity (Wildman–Crippen MR) is 79.6 cm³/mol. The van der Waals surface area contributed by atoms with E-state index in [0.29, 0.717) is 6.61 Å². The van der Waals surface area contributed by atoms with Crippen molar-refractivity contribution < 1.29 is 14.2 Å². The predicted octanol–water partition coefficient (Wildman–Crippen LogP) is 2.39. The maximum absolute atomic E-state index is 5.64.